The second-order valence-electron chi connectivity index (χ2n) is 6.61. The number of aromatic nitrogens is 4. The van der Waals surface area contributed by atoms with E-state index < -0.39 is 0 Å². The summed E-state index contributed by atoms with van der Waals surface area (Å²) < 4.78 is 0. The van der Waals surface area contributed by atoms with Crippen LogP contribution in [0.1, 0.15) is 24.1 Å². The van der Waals surface area contributed by atoms with E-state index in [9.17, 15) is 4.79 Å². The lowest BCUT2D eigenvalue weighted by Crippen LogP contribution is -2.15. The van der Waals surface area contributed by atoms with Crippen molar-refractivity contribution >= 4 is 17.6 Å². The minimum atomic E-state index is -0.0914. The highest BCUT2D eigenvalue weighted by atomic mass is 16.1. The summed E-state index contributed by atoms with van der Waals surface area (Å²) in [6.07, 6.45) is 10.4. The van der Waals surface area contributed by atoms with Gasteiger partial charge in [-0.2, -0.15) is 0 Å². The number of hydrogen-bond acceptors (Lipinski definition) is 7. The van der Waals surface area contributed by atoms with Crippen molar-refractivity contribution in [2.75, 3.05) is 11.9 Å². The maximum Gasteiger partial charge on any atom is 0.222 e. The van der Waals surface area contributed by atoms with Gasteiger partial charge in [0.25, 0.3) is 0 Å². The van der Waals surface area contributed by atoms with Gasteiger partial charge in [-0.15, -0.1) is 0 Å². The Bertz CT molecular complexity index is 958. The Labute approximate surface area is 169 Å². The van der Waals surface area contributed by atoms with Gasteiger partial charge in [0, 0.05) is 55.9 Å². The average molecular weight is 389 g/mol. The zero-order valence-corrected chi connectivity index (χ0v) is 16.0. The van der Waals surface area contributed by atoms with Crippen molar-refractivity contribution in [2.45, 2.75) is 25.7 Å². The summed E-state index contributed by atoms with van der Waals surface area (Å²) >= 11 is 0. The normalized spacial score (nSPS) is 10.5. The van der Waals surface area contributed by atoms with E-state index in [-0.39, 0.29) is 18.0 Å². The topological polar surface area (TPSA) is 131 Å². The minimum absolute atomic E-state index is 0.0127. The van der Waals surface area contributed by atoms with Gasteiger partial charge in [-0.25, -0.2) is 9.97 Å². The van der Waals surface area contributed by atoms with Crippen LogP contribution in [-0.2, 0) is 17.6 Å². The number of nitrogens with zero attached hydrogens (tertiary/aromatic N) is 4. The summed E-state index contributed by atoms with van der Waals surface area (Å²) in [5.41, 5.74) is 9.13. The van der Waals surface area contributed by atoms with E-state index in [2.05, 4.69) is 25.3 Å². The zero-order valence-electron chi connectivity index (χ0n) is 16.0. The summed E-state index contributed by atoms with van der Waals surface area (Å²) in [6, 6.07) is 7.95. The van der Waals surface area contributed by atoms with Crippen LogP contribution in [0.2, 0.25) is 0 Å². The predicted octanol–water partition coefficient (Wildman–Crippen LogP) is 2.42. The highest BCUT2D eigenvalue weighted by molar-refractivity contribution is 5.98. The Hall–Kier alpha value is -3.68. The quantitative estimate of drug-likeness (QED) is 0.358. The largest absolute Gasteiger partial charge is 0.387 e. The van der Waals surface area contributed by atoms with Gasteiger partial charge < -0.3 is 11.1 Å². The maximum atomic E-state index is 11.7. The van der Waals surface area contributed by atoms with Crippen molar-refractivity contribution in [3.05, 3.63) is 66.5 Å². The number of ketones is 1. The van der Waals surface area contributed by atoms with Crippen molar-refractivity contribution in [3.63, 3.8) is 0 Å². The number of amidine groups is 1. The number of nitrogens with one attached hydrogen (secondary N) is 2. The molecule has 1 aromatic carbocycles. The Morgan fingerprint density at radius 3 is 2.59 bits per heavy atom. The summed E-state index contributed by atoms with van der Waals surface area (Å²) in [7, 11) is 0. The van der Waals surface area contributed by atoms with E-state index in [1.54, 1.807) is 31.0 Å². The molecule has 0 saturated heterocycles. The first-order valence-corrected chi connectivity index (χ1v) is 9.35. The molecule has 0 atom stereocenters. The van der Waals surface area contributed by atoms with Gasteiger partial charge in [-0.3, -0.25) is 20.2 Å². The molecule has 0 radical (unpaired) electrons. The average Bonchev–Trinajstić information content (AvgIpc) is 2.73. The molecule has 148 valence electrons. The molecule has 3 rings (SSSR count). The standard InChI is InChI=1S/C21H23N7O/c22-20(23)11-19(29)5-4-15-2-1-3-16(10-15)17-12-27-21(28-13-17)26-7-6-18-14-24-8-9-25-18/h1-3,8-10,12-14H,4-7,11H2,(H3,22,23)(H,26,27,28). The molecule has 0 fully saturated rings. The van der Waals surface area contributed by atoms with Crippen LogP contribution in [0.4, 0.5) is 5.95 Å². The summed E-state index contributed by atoms with van der Waals surface area (Å²) in [5, 5.41) is 10.4. The first kappa shape index (κ1) is 20.1. The molecule has 2 aromatic heterocycles. The van der Waals surface area contributed by atoms with Crippen molar-refractivity contribution < 1.29 is 4.79 Å². The first-order chi connectivity index (χ1) is 14.1. The van der Waals surface area contributed by atoms with E-state index >= 15 is 0 Å². The van der Waals surface area contributed by atoms with Gasteiger partial charge in [0.05, 0.1) is 18.0 Å². The Morgan fingerprint density at radius 1 is 1.03 bits per heavy atom. The molecule has 29 heavy (non-hydrogen) atoms. The van der Waals surface area contributed by atoms with Gasteiger partial charge in [0.1, 0.15) is 5.78 Å². The second kappa shape index (κ2) is 10.0. The fourth-order valence-corrected chi connectivity index (χ4v) is 2.82. The van der Waals surface area contributed by atoms with Gasteiger partial charge in [-0.05, 0) is 17.5 Å². The number of anilines is 1. The number of aryl methyl sites for hydroxylation is 1. The SMILES string of the molecule is N=C(N)CC(=O)CCc1cccc(-c2cnc(NCCc3cnccn3)nc2)c1. The van der Waals surface area contributed by atoms with Crippen molar-refractivity contribution in [3.8, 4) is 11.1 Å². The van der Waals surface area contributed by atoms with Gasteiger partial charge in [0.15, 0.2) is 0 Å². The first-order valence-electron chi connectivity index (χ1n) is 9.35. The van der Waals surface area contributed by atoms with Crippen LogP contribution in [0.15, 0.2) is 55.2 Å². The molecule has 0 aliphatic rings. The van der Waals surface area contributed by atoms with Crippen LogP contribution < -0.4 is 11.1 Å². The monoisotopic (exact) mass is 389 g/mol. The third kappa shape index (κ3) is 6.46. The van der Waals surface area contributed by atoms with Gasteiger partial charge in [-0.1, -0.05) is 24.3 Å². The molecule has 0 amide bonds. The van der Waals surface area contributed by atoms with E-state index in [0.29, 0.717) is 25.3 Å². The van der Waals surface area contributed by atoms with Crippen molar-refractivity contribution in [1.82, 2.24) is 19.9 Å². The molecular formula is C21H23N7O. The number of carbonyl (C=O) groups excluding carboxylic acids is 1. The van der Waals surface area contributed by atoms with Crippen LogP contribution in [0.5, 0.6) is 0 Å². The molecule has 0 bridgehead atoms. The summed E-state index contributed by atoms with van der Waals surface area (Å²) in [4.78, 5) is 28.8. The molecule has 8 heteroatoms. The molecule has 0 saturated carbocycles. The molecule has 3 aromatic rings. The van der Waals surface area contributed by atoms with Crippen LogP contribution in [0.3, 0.4) is 0 Å². The van der Waals surface area contributed by atoms with Crippen LogP contribution in [-0.4, -0.2) is 38.1 Å². The lowest BCUT2D eigenvalue weighted by Gasteiger charge is -2.07. The third-order valence-electron chi connectivity index (χ3n) is 4.27. The number of rotatable bonds is 10. The van der Waals surface area contributed by atoms with E-state index in [1.165, 1.54) is 0 Å². The fraction of sp³-hybridized carbons (Fsp3) is 0.238. The molecule has 0 aliphatic carbocycles. The predicted molar refractivity (Wildman–Crippen MR) is 112 cm³/mol. The summed E-state index contributed by atoms with van der Waals surface area (Å²) in [5.74, 6) is 0.443. The number of carbonyl (C=O) groups is 1. The third-order valence-corrected chi connectivity index (χ3v) is 4.27. The Kier molecular flexibility index (Phi) is 6.94. The molecule has 8 nitrogen and oxygen atoms in total. The van der Waals surface area contributed by atoms with Crippen molar-refractivity contribution in [2.24, 2.45) is 5.73 Å². The van der Waals surface area contributed by atoms with E-state index in [1.807, 2.05) is 24.3 Å². The molecule has 0 aliphatic heterocycles. The highest BCUT2D eigenvalue weighted by Gasteiger charge is 2.06. The number of benzene rings is 1. The second-order valence-corrected chi connectivity index (χ2v) is 6.61. The van der Waals surface area contributed by atoms with Crippen LogP contribution >= 0.6 is 0 Å². The van der Waals surface area contributed by atoms with Crippen molar-refractivity contribution in [1.29, 1.82) is 5.41 Å². The fourth-order valence-electron chi connectivity index (χ4n) is 2.82. The molecular weight excluding hydrogens is 366 g/mol. The lowest BCUT2D eigenvalue weighted by molar-refractivity contribution is -0.117. The molecule has 0 spiro atoms. The van der Waals surface area contributed by atoms with E-state index in [4.69, 9.17) is 11.1 Å². The highest BCUT2D eigenvalue weighted by Crippen LogP contribution is 2.20. The smallest absolute Gasteiger partial charge is 0.222 e. The van der Waals surface area contributed by atoms with Crippen LogP contribution in [0, 0.1) is 5.41 Å². The van der Waals surface area contributed by atoms with E-state index in [0.717, 1.165) is 28.8 Å². The number of Topliss-reactive ketones (excluding diaryl/α,β-unsaturated/α-hetero) is 1. The number of hydrogen-bond donors (Lipinski definition) is 3. The summed E-state index contributed by atoms with van der Waals surface area (Å²) in [6.45, 7) is 0.668. The Morgan fingerprint density at radius 2 is 1.86 bits per heavy atom. The van der Waals surface area contributed by atoms with Gasteiger partial charge >= 0.3 is 0 Å². The molecule has 2 heterocycles. The van der Waals surface area contributed by atoms with Gasteiger partial charge in [0.2, 0.25) is 5.95 Å². The lowest BCUT2D eigenvalue weighted by atomic mass is 10.0. The minimum Gasteiger partial charge on any atom is -0.387 e. The number of nitrogens with two attached hydrogens (primary N) is 1. The molecule has 0 unspecified atom stereocenters. The maximum absolute atomic E-state index is 11.7. The van der Waals surface area contributed by atoms with Crippen LogP contribution in [0.25, 0.3) is 11.1 Å². The molecule has 4 N–H and O–H groups in total. The Balaban J connectivity index is 1.55. The zero-order chi connectivity index (χ0) is 20.5.